The van der Waals surface area contributed by atoms with E-state index in [9.17, 15) is 0 Å². The molecule has 1 aromatic heterocycles. The fourth-order valence-electron chi connectivity index (χ4n) is 2.40. The second-order valence-electron chi connectivity index (χ2n) is 4.67. The summed E-state index contributed by atoms with van der Waals surface area (Å²) in [5.41, 5.74) is 2.31. The molecule has 2 nitrogen and oxygen atoms in total. The van der Waals surface area contributed by atoms with E-state index in [-0.39, 0.29) is 5.38 Å². The zero-order valence-electron chi connectivity index (χ0n) is 9.66. The van der Waals surface area contributed by atoms with Crippen LogP contribution in [0.1, 0.15) is 43.4 Å². The lowest BCUT2D eigenvalue weighted by Gasteiger charge is -2.29. The van der Waals surface area contributed by atoms with Crippen molar-refractivity contribution >= 4 is 45.2 Å². The maximum absolute atomic E-state index is 6.26. The first-order chi connectivity index (χ1) is 8.16. The van der Waals surface area contributed by atoms with Crippen LogP contribution >= 0.6 is 34.2 Å². The molecule has 1 atom stereocenters. The zero-order valence-corrected chi connectivity index (χ0v) is 12.6. The summed E-state index contributed by atoms with van der Waals surface area (Å²) in [5, 5.41) is -0.0272. The molecule has 1 heterocycles. The van der Waals surface area contributed by atoms with Crippen LogP contribution in [0.2, 0.25) is 0 Å². The van der Waals surface area contributed by atoms with Crippen molar-refractivity contribution < 1.29 is 0 Å². The van der Waals surface area contributed by atoms with E-state index < -0.39 is 0 Å². The first kappa shape index (κ1) is 11.8. The van der Waals surface area contributed by atoms with E-state index in [1.54, 1.807) is 0 Å². The number of benzene rings is 1. The van der Waals surface area contributed by atoms with E-state index in [1.165, 1.54) is 28.3 Å². The molecule has 0 spiro atoms. The Labute approximate surface area is 120 Å². The first-order valence-corrected chi connectivity index (χ1v) is 7.50. The van der Waals surface area contributed by atoms with Gasteiger partial charge in [-0.25, -0.2) is 4.98 Å². The Balaban J connectivity index is 2.23. The quantitative estimate of drug-likeness (QED) is 0.562. The van der Waals surface area contributed by atoms with Gasteiger partial charge in [0.1, 0.15) is 5.82 Å². The van der Waals surface area contributed by atoms with Crippen molar-refractivity contribution in [3.63, 3.8) is 0 Å². The Hall–Kier alpha value is -0.290. The lowest BCUT2D eigenvalue weighted by molar-refractivity contribution is 0.313. The van der Waals surface area contributed by atoms with Crippen LogP contribution in [0.3, 0.4) is 0 Å². The van der Waals surface area contributed by atoms with E-state index in [0.29, 0.717) is 6.04 Å². The second-order valence-corrected chi connectivity index (χ2v) is 6.57. The Morgan fingerprint density at radius 1 is 1.47 bits per heavy atom. The molecule has 0 amide bonds. The molecule has 0 aliphatic heterocycles. The van der Waals surface area contributed by atoms with Gasteiger partial charge in [0.15, 0.2) is 0 Å². The van der Waals surface area contributed by atoms with Crippen molar-refractivity contribution in [2.75, 3.05) is 0 Å². The summed E-state index contributed by atoms with van der Waals surface area (Å²) in [4.78, 5) is 4.70. The van der Waals surface area contributed by atoms with Gasteiger partial charge in [0, 0.05) is 9.61 Å². The fraction of sp³-hybridized carbons (Fsp3) is 0.462. The van der Waals surface area contributed by atoms with E-state index in [2.05, 4.69) is 45.4 Å². The Morgan fingerprint density at radius 2 is 2.24 bits per heavy atom. The molecule has 1 fully saturated rings. The number of nitrogens with zero attached hydrogens (tertiary/aromatic N) is 2. The van der Waals surface area contributed by atoms with Crippen molar-refractivity contribution in [3.8, 4) is 0 Å². The first-order valence-electron chi connectivity index (χ1n) is 5.98. The highest BCUT2D eigenvalue weighted by atomic mass is 127. The molecule has 0 saturated heterocycles. The molecule has 0 bridgehead atoms. The summed E-state index contributed by atoms with van der Waals surface area (Å²) < 4.78 is 3.58. The molecule has 1 aliphatic carbocycles. The number of aromatic nitrogens is 2. The average molecular weight is 361 g/mol. The highest BCUT2D eigenvalue weighted by Gasteiger charge is 2.26. The van der Waals surface area contributed by atoms with E-state index in [0.717, 1.165) is 11.3 Å². The molecule has 17 heavy (non-hydrogen) atoms. The monoisotopic (exact) mass is 360 g/mol. The van der Waals surface area contributed by atoms with E-state index in [4.69, 9.17) is 16.6 Å². The standard InChI is InChI=1S/C13H14ClIN2/c1-8(14)13-16-11-7-9(15)5-6-12(11)17(13)10-3-2-4-10/h5-8,10H,2-4H2,1H3. The largest absolute Gasteiger partial charge is 0.324 e. The lowest BCUT2D eigenvalue weighted by Crippen LogP contribution is -2.19. The van der Waals surface area contributed by atoms with Crippen molar-refractivity contribution in [3.05, 3.63) is 27.6 Å². The number of hydrogen-bond donors (Lipinski definition) is 0. The molecule has 1 aromatic carbocycles. The number of hydrogen-bond acceptors (Lipinski definition) is 1. The molecule has 0 N–H and O–H groups in total. The van der Waals surface area contributed by atoms with Crippen molar-refractivity contribution in [1.29, 1.82) is 0 Å². The SMILES string of the molecule is CC(Cl)c1nc2cc(I)ccc2n1C1CCC1. The molecule has 1 unspecified atom stereocenters. The molecular weight excluding hydrogens is 347 g/mol. The predicted molar refractivity (Wildman–Crippen MR) is 79.6 cm³/mol. The summed E-state index contributed by atoms with van der Waals surface area (Å²) >= 11 is 8.58. The topological polar surface area (TPSA) is 17.8 Å². The van der Waals surface area contributed by atoms with Gasteiger partial charge < -0.3 is 4.57 Å². The van der Waals surface area contributed by atoms with Crippen LogP contribution in [0.5, 0.6) is 0 Å². The summed E-state index contributed by atoms with van der Waals surface area (Å²) in [5.74, 6) is 1.02. The van der Waals surface area contributed by atoms with Gasteiger partial charge in [-0.05, 0) is 67.0 Å². The Bertz CT molecular complexity index is 558. The highest BCUT2D eigenvalue weighted by Crippen LogP contribution is 2.38. The number of imidazole rings is 1. The van der Waals surface area contributed by atoms with Crippen LogP contribution in [0.4, 0.5) is 0 Å². The number of rotatable bonds is 2. The molecule has 4 heteroatoms. The van der Waals surface area contributed by atoms with Crippen molar-refractivity contribution in [1.82, 2.24) is 9.55 Å². The van der Waals surface area contributed by atoms with Crippen molar-refractivity contribution in [2.24, 2.45) is 0 Å². The molecule has 3 rings (SSSR count). The molecule has 90 valence electrons. The maximum atomic E-state index is 6.26. The third-order valence-corrected chi connectivity index (χ3v) is 4.34. The summed E-state index contributed by atoms with van der Waals surface area (Å²) in [6, 6.07) is 7.05. The number of fused-ring (bicyclic) bond motifs is 1. The number of alkyl halides is 1. The Morgan fingerprint density at radius 3 is 2.82 bits per heavy atom. The minimum absolute atomic E-state index is 0.0272. The third-order valence-electron chi connectivity index (χ3n) is 3.47. The van der Waals surface area contributed by atoms with Gasteiger partial charge in [-0.3, -0.25) is 0 Å². The highest BCUT2D eigenvalue weighted by molar-refractivity contribution is 14.1. The molecular formula is C13H14ClIN2. The van der Waals surface area contributed by atoms with Gasteiger partial charge in [0.25, 0.3) is 0 Å². The molecule has 1 saturated carbocycles. The smallest absolute Gasteiger partial charge is 0.127 e. The summed E-state index contributed by atoms with van der Waals surface area (Å²) in [6.45, 7) is 2.00. The van der Waals surface area contributed by atoms with Gasteiger partial charge in [-0.2, -0.15) is 0 Å². The van der Waals surface area contributed by atoms with Gasteiger partial charge in [0.2, 0.25) is 0 Å². The van der Waals surface area contributed by atoms with Gasteiger partial charge in [-0.15, -0.1) is 11.6 Å². The third kappa shape index (κ3) is 1.97. The molecule has 0 radical (unpaired) electrons. The van der Waals surface area contributed by atoms with Crippen LogP contribution < -0.4 is 0 Å². The second kappa shape index (κ2) is 4.43. The van der Waals surface area contributed by atoms with E-state index in [1.807, 2.05) is 6.92 Å². The van der Waals surface area contributed by atoms with Crippen LogP contribution in [-0.2, 0) is 0 Å². The minimum atomic E-state index is -0.0272. The van der Waals surface area contributed by atoms with Crippen LogP contribution in [0.15, 0.2) is 18.2 Å². The van der Waals surface area contributed by atoms with Crippen molar-refractivity contribution in [2.45, 2.75) is 37.6 Å². The van der Waals surface area contributed by atoms with Gasteiger partial charge >= 0.3 is 0 Å². The Kier molecular flexibility index (Phi) is 3.07. The number of halogens is 2. The van der Waals surface area contributed by atoms with Crippen LogP contribution in [0, 0.1) is 3.57 Å². The molecule has 1 aliphatic rings. The fourth-order valence-corrected chi connectivity index (χ4v) is 3.03. The summed E-state index contributed by atoms with van der Waals surface area (Å²) in [7, 11) is 0. The van der Waals surface area contributed by atoms with Gasteiger partial charge in [0.05, 0.1) is 16.4 Å². The predicted octanol–water partition coefficient (Wildman–Crippen LogP) is 4.67. The lowest BCUT2D eigenvalue weighted by atomic mass is 9.92. The van der Waals surface area contributed by atoms with Gasteiger partial charge in [-0.1, -0.05) is 0 Å². The normalized spacial score (nSPS) is 18.3. The minimum Gasteiger partial charge on any atom is -0.324 e. The van der Waals surface area contributed by atoms with Crippen LogP contribution in [-0.4, -0.2) is 9.55 Å². The maximum Gasteiger partial charge on any atom is 0.127 e. The summed E-state index contributed by atoms with van der Waals surface area (Å²) in [6.07, 6.45) is 3.84. The van der Waals surface area contributed by atoms with E-state index >= 15 is 0 Å². The van der Waals surface area contributed by atoms with Crippen LogP contribution in [0.25, 0.3) is 11.0 Å². The zero-order chi connectivity index (χ0) is 12.0. The molecule has 2 aromatic rings. The average Bonchev–Trinajstić information content (AvgIpc) is 2.54.